The third-order valence-electron chi connectivity index (χ3n) is 2.18. The first kappa shape index (κ1) is 17.2. The van der Waals surface area contributed by atoms with Crippen LogP contribution in [0.3, 0.4) is 0 Å². The van der Waals surface area contributed by atoms with E-state index in [4.69, 9.17) is 0 Å². The zero-order valence-electron chi connectivity index (χ0n) is 9.15. The summed E-state index contributed by atoms with van der Waals surface area (Å²) < 4.78 is 85.6. The van der Waals surface area contributed by atoms with Crippen LogP contribution < -0.4 is 0 Å². The van der Waals surface area contributed by atoms with Crippen molar-refractivity contribution in [3.05, 3.63) is 0 Å². The molecular weight excluding hydrogens is 368 g/mol. The number of rotatable bonds is 5. The minimum absolute atomic E-state index is 0.136. The topological polar surface area (TPSA) is 0 Å². The van der Waals surface area contributed by atoms with Crippen LogP contribution in [0.15, 0.2) is 0 Å². The van der Waals surface area contributed by atoms with Crippen LogP contribution >= 0.6 is 22.6 Å². The van der Waals surface area contributed by atoms with Crippen molar-refractivity contribution in [1.29, 1.82) is 0 Å². The van der Waals surface area contributed by atoms with Gasteiger partial charge in [0.25, 0.3) is 0 Å². The Morgan fingerprint density at radius 1 is 0.941 bits per heavy atom. The zero-order valence-corrected chi connectivity index (χ0v) is 11.3. The number of alkyl halides is 8. The third kappa shape index (κ3) is 4.13. The van der Waals surface area contributed by atoms with Crippen LogP contribution in [0.4, 0.5) is 30.7 Å². The van der Waals surface area contributed by atoms with Gasteiger partial charge in [-0.25, -0.2) is 0 Å². The van der Waals surface area contributed by atoms with Crippen LogP contribution in [0.2, 0.25) is 0 Å². The van der Waals surface area contributed by atoms with Gasteiger partial charge in [0, 0.05) is 9.84 Å². The Balaban J connectivity index is 5.03. The fourth-order valence-electron chi connectivity index (χ4n) is 1.39. The number of hydrogen-bond donors (Lipinski definition) is 0. The first-order valence-corrected chi connectivity index (χ1v) is 5.86. The first-order chi connectivity index (χ1) is 7.27. The smallest absolute Gasteiger partial charge is 0.199 e. The second-order valence-electron chi connectivity index (χ2n) is 4.12. The maximum Gasteiger partial charge on any atom is 0.459 e. The van der Waals surface area contributed by atoms with E-state index in [1.165, 1.54) is 29.5 Å². The summed E-state index contributed by atoms with van der Waals surface area (Å²) >= 11 is 1.49. The molecule has 0 fully saturated rings. The average Bonchev–Trinajstić information content (AvgIpc) is 1.98. The summed E-state index contributed by atoms with van der Waals surface area (Å²) in [6.07, 6.45) is -7.19. The lowest BCUT2D eigenvalue weighted by molar-refractivity contribution is -0.356. The summed E-state index contributed by atoms with van der Waals surface area (Å²) in [5.74, 6) is -11.1. The fraction of sp³-hybridized carbons (Fsp3) is 1.00. The molecule has 0 spiro atoms. The van der Waals surface area contributed by atoms with Crippen molar-refractivity contribution in [2.24, 2.45) is 0 Å². The Bertz CT molecular complexity index is 257. The lowest BCUT2D eigenvalue weighted by Gasteiger charge is -2.33. The van der Waals surface area contributed by atoms with Gasteiger partial charge in [-0.2, -0.15) is 30.7 Å². The normalized spacial score (nSPS) is 18.0. The van der Waals surface area contributed by atoms with E-state index in [-0.39, 0.29) is 6.42 Å². The Hall–Kier alpha value is 0.240. The fourth-order valence-corrected chi connectivity index (χ4v) is 2.41. The van der Waals surface area contributed by atoms with Gasteiger partial charge in [-0.15, -0.1) is 0 Å². The molecule has 0 aliphatic rings. The van der Waals surface area contributed by atoms with Crippen molar-refractivity contribution in [1.82, 2.24) is 0 Å². The van der Waals surface area contributed by atoms with E-state index in [1.807, 2.05) is 0 Å². The molecule has 0 saturated carbocycles. The van der Waals surface area contributed by atoms with Crippen molar-refractivity contribution in [2.75, 3.05) is 0 Å². The van der Waals surface area contributed by atoms with E-state index in [0.717, 1.165) is 0 Å². The third-order valence-corrected chi connectivity index (χ3v) is 3.10. The van der Waals surface area contributed by atoms with Gasteiger partial charge in [0.1, 0.15) is 0 Å². The van der Waals surface area contributed by atoms with E-state index in [0.29, 0.717) is 6.42 Å². The zero-order chi connectivity index (χ0) is 14.1. The highest BCUT2D eigenvalue weighted by molar-refractivity contribution is 14.1. The van der Waals surface area contributed by atoms with Crippen molar-refractivity contribution in [3.8, 4) is 0 Å². The summed E-state index contributed by atoms with van der Waals surface area (Å²) in [6.45, 7) is 2.87. The molecule has 0 N–H and O–H groups in total. The monoisotopic (exact) mass is 380 g/mol. The van der Waals surface area contributed by atoms with Gasteiger partial charge in [0.05, 0.1) is 0 Å². The van der Waals surface area contributed by atoms with E-state index in [2.05, 4.69) is 0 Å². The predicted octanol–water partition coefficient (Wildman–Crippen LogP) is 5.20. The molecule has 1 unspecified atom stereocenters. The minimum Gasteiger partial charge on any atom is -0.199 e. The SMILES string of the molecule is CCCC(C)(I)CC(F)(F)C(F)(F)C(F)(F)F. The molecule has 17 heavy (non-hydrogen) atoms. The summed E-state index contributed by atoms with van der Waals surface area (Å²) in [6, 6.07) is 0. The molecule has 0 rings (SSSR count). The molecule has 0 bridgehead atoms. The Morgan fingerprint density at radius 2 is 1.35 bits per heavy atom. The van der Waals surface area contributed by atoms with Crippen LogP contribution in [0.5, 0.6) is 0 Å². The van der Waals surface area contributed by atoms with E-state index >= 15 is 0 Å². The molecule has 0 aromatic carbocycles. The Kier molecular flexibility index (Phi) is 5.16. The van der Waals surface area contributed by atoms with Crippen molar-refractivity contribution in [2.45, 2.75) is 54.6 Å². The van der Waals surface area contributed by atoms with Crippen LogP contribution in [0.25, 0.3) is 0 Å². The van der Waals surface area contributed by atoms with E-state index in [1.54, 1.807) is 6.92 Å². The molecule has 0 nitrogen and oxygen atoms in total. The number of halogens is 8. The van der Waals surface area contributed by atoms with Crippen LogP contribution in [-0.2, 0) is 0 Å². The van der Waals surface area contributed by atoms with Crippen molar-refractivity contribution >= 4 is 22.6 Å². The Morgan fingerprint density at radius 3 is 1.65 bits per heavy atom. The molecule has 0 aromatic rings. The molecular formula is C9H12F7I. The average molecular weight is 380 g/mol. The van der Waals surface area contributed by atoms with Gasteiger partial charge >= 0.3 is 18.0 Å². The first-order valence-electron chi connectivity index (χ1n) is 4.78. The number of hydrogen-bond acceptors (Lipinski definition) is 0. The lowest BCUT2D eigenvalue weighted by atomic mass is 9.94. The summed E-state index contributed by atoms with van der Waals surface area (Å²) in [5, 5.41) is 0. The largest absolute Gasteiger partial charge is 0.459 e. The quantitative estimate of drug-likeness (QED) is 0.349. The highest BCUT2D eigenvalue weighted by atomic mass is 127. The molecule has 0 aromatic heterocycles. The van der Waals surface area contributed by atoms with Crippen LogP contribution in [0, 0.1) is 0 Å². The van der Waals surface area contributed by atoms with Gasteiger partial charge in [0.15, 0.2) is 0 Å². The summed E-state index contributed by atoms with van der Waals surface area (Å²) in [5.41, 5.74) is 0. The molecule has 0 radical (unpaired) electrons. The molecule has 0 aliphatic heterocycles. The summed E-state index contributed by atoms with van der Waals surface area (Å²) in [7, 11) is 0. The van der Waals surface area contributed by atoms with Gasteiger partial charge in [-0.1, -0.05) is 42.9 Å². The predicted molar refractivity (Wildman–Crippen MR) is 57.9 cm³/mol. The minimum atomic E-state index is -6.24. The molecule has 1 atom stereocenters. The van der Waals surface area contributed by atoms with Gasteiger partial charge in [-0.05, 0) is 6.42 Å². The standard InChI is InChI=1S/C9H12F7I/c1-3-4-6(2,17)5-7(10,11)8(12,13)9(14,15)16/h3-5H2,1-2H3. The highest BCUT2D eigenvalue weighted by Gasteiger charge is 2.73. The van der Waals surface area contributed by atoms with Crippen molar-refractivity contribution in [3.63, 3.8) is 0 Å². The molecule has 0 saturated heterocycles. The van der Waals surface area contributed by atoms with Crippen molar-refractivity contribution < 1.29 is 30.7 Å². The second kappa shape index (κ2) is 5.08. The molecule has 104 valence electrons. The van der Waals surface area contributed by atoms with E-state index in [9.17, 15) is 30.7 Å². The highest BCUT2D eigenvalue weighted by Crippen LogP contribution is 2.51. The van der Waals surface area contributed by atoms with Gasteiger partial charge < -0.3 is 0 Å². The van der Waals surface area contributed by atoms with Crippen LogP contribution in [-0.4, -0.2) is 21.4 Å². The molecule has 0 heterocycles. The maximum atomic E-state index is 13.0. The van der Waals surface area contributed by atoms with Gasteiger partial charge in [-0.3, -0.25) is 0 Å². The lowest BCUT2D eigenvalue weighted by Crippen LogP contribution is -2.53. The molecule has 0 aliphatic carbocycles. The molecule has 0 amide bonds. The second-order valence-corrected chi connectivity index (χ2v) is 6.72. The van der Waals surface area contributed by atoms with Gasteiger partial charge in [0.2, 0.25) is 0 Å². The molecule has 8 heteroatoms. The maximum absolute atomic E-state index is 13.0. The van der Waals surface area contributed by atoms with E-state index < -0.39 is 27.9 Å². The van der Waals surface area contributed by atoms with Crippen LogP contribution in [0.1, 0.15) is 33.1 Å². The summed E-state index contributed by atoms with van der Waals surface area (Å²) in [4.78, 5) is 0. The Labute approximate surface area is 108 Å².